The molecule has 0 aromatic rings. The van der Waals surface area contributed by atoms with E-state index in [1.165, 1.54) is 11.8 Å². The fourth-order valence-corrected chi connectivity index (χ4v) is 1.40. The van der Waals surface area contributed by atoms with Crippen molar-refractivity contribution in [2.24, 2.45) is 4.99 Å². The topological polar surface area (TPSA) is 87.0 Å². The summed E-state index contributed by atoms with van der Waals surface area (Å²) in [5.41, 5.74) is -5.53. The van der Waals surface area contributed by atoms with Gasteiger partial charge in [-0.1, -0.05) is 11.8 Å². The van der Waals surface area contributed by atoms with E-state index >= 15 is 0 Å². The minimum atomic E-state index is -5.84. The molecule has 11 heteroatoms. The molecule has 18 heavy (non-hydrogen) atoms. The van der Waals surface area contributed by atoms with Crippen molar-refractivity contribution in [3.63, 3.8) is 0 Å². The zero-order valence-corrected chi connectivity index (χ0v) is 11.1. The highest BCUT2D eigenvalue weighted by Gasteiger charge is 2.44. The first kappa shape index (κ1) is 17.2. The number of alkyl halides is 3. The Balaban J connectivity index is 0.000000331. The van der Waals surface area contributed by atoms with Gasteiger partial charge in [0.2, 0.25) is 5.91 Å². The quantitative estimate of drug-likeness (QED) is 0.530. The zero-order valence-electron chi connectivity index (χ0n) is 9.43. The van der Waals surface area contributed by atoms with Gasteiger partial charge in [0.25, 0.3) is 0 Å². The van der Waals surface area contributed by atoms with E-state index in [4.69, 9.17) is 13.0 Å². The average molecular weight is 308 g/mol. The van der Waals surface area contributed by atoms with E-state index in [1.54, 1.807) is 0 Å². The highest BCUT2D eigenvalue weighted by atomic mass is 32.2. The third-order valence-corrected chi connectivity index (χ3v) is 3.04. The second-order valence-electron chi connectivity index (χ2n) is 3.08. The molecule has 1 rings (SSSR count). The molecule has 0 saturated heterocycles. The SMILES string of the molecule is CSC1=NC(=O)CCN1C.O=S(=O)(O)C(F)(F)F. The molecule has 0 atom stereocenters. The Labute approximate surface area is 106 Å². The predicted octanol–water partition coefficient (Wildman–Crippen LogP) is 0.962. The lowest BCUT2D eigenvalue weighted by atomic mass is 10.3. The lowest BCUT2D eigenvalue weighted by molar-refractivity contribution is -0.118. The molecule has 1 heterocycles. The number of aliphatic imine (C=N–C) groups is 1. The molecular weight excluding hydrogens is 297 g/mol. The molecule has 0 aromatic carbocycles. The molecule has 1 N–H and O–H groups in total. The molecule has 0 unspecified atom stereocenters. The lowest BCUT2D eigenvalue weighted by Crippen LogP contribution is -2.31. The highest BCUT2D eigenvalue weighted by Crippen LogP contribution is 2.20. The van der Waals surface area contributed by atoms with Crippen LogP contribution in [0.5, 0.6) is 0 Å². The fourth-order valence-electron chi connectivity index (χ4n) is 0.808. The fraction of sp³-hybridized carbons (Fsp3) is 0.714. The third kappa shape index (κ3) is 5.69. The summed E-state index contributed by atoms with van der Waals surface area (Å²) in [6.45, 7) is 0.804. The molecule has 1 aliphatic rings. The monoisotopic (exact) mass is 308 g/mol. The second kappa shape index (κ2) is 6.38. The van der Waals surface area contributed by atoms with Crippen LogP contribution in [0.4, 0.5) is 13.2 Å². The van der Waals surface area contributed by atoms with Gasteiger partial charge in [-0.25, -0.2) is 0 Å². The molecule has 0 aromatic heterocycles. The number of nitrogens with zero attached hydrogens (tertiary/aromatic N) is 2. The number of amides is 1. The molecule has 0 bridgehead atoms. The lowest BCUT2D eigenvalue weighted by Gasteiger charge is -2.21. The summed E-state index contributed by atoms with van der Waals surface area (Å²) in [6, 6.07) is 0. The number of carbonyl (C=O) groups excluding carboxylic acids is 1. The first-order valence-corrected chi connectivity index (χ1v) is 7.06. The van der Waals surface area contributed by atoms with E-state index in [0.717, 1.165) is 11.7 Å². The van der Waals surface area contributed by atoms with E-state index in [1.807, 2.05) is 18.2 Å². The summed E-state index contributed by atoms with van der Waals surface area (Å²) in [6.07, 6.45) is 2.48. The van der Waals surface area contributed by atoms with Gasteiger partial charge in [-0.15, -0.1) is 0 Å². The maximum Gasteiger partial charge on any atom is 0.522 e. The number of amidine groups is 1. The van der Waals surface area contributed by atoms with Crippen LogP contribution in [0.15, 0.2) is 4.99 Å². The van der Waals surface area contributed by atoms with Crippen LogP contribution in [0.2, 0.25) is 0 Å². The Morgan fingerprint density at radius 2 is 1.89 bits per heavy atom. The van der Waals surface area contributed by atoms with Crippen molar-refractivity contribution in [2.75, 3.05) is 19.8 Å². The summed E-state index contributed by atoms with van der Waals surface area (Å²) in [5.74, 6) is 0.00227. The van der Waals surface area contributed by atoms with Crippen LogP contribution in [0.1, 0.15) is 6.42 Å². The van der Waals surface area contributed by atoms with Gasteiger partial charge in [0, 0.05) is 20.0 Å². The van der Waals surface area contributed by atoms with Gasteiger partial charge in [0.1, 0.15) is 0 Å². The number of halogens is 3. The molecular formula is C7H11F3N2O4S2. The van der Waals surface area contributed by atoms with E-state index in [-0.39, 0.29) is 5.91 Å². The maximum absolute atomic E-state index is 10.8. The Morgan fingerprint density at radius 1 is 1.44 bits per heavy atom. The molecule has 0 saturated carbocycles. The van der Waals surface area contributed by atoms with Gasteiger partial charge in [0.15, 0.2) is 5.17 Å². The third-order valence-electron chi connectivity index (χ3n) is 1.68. The van der Waals surface area contributed by atoms with Gasteiger partial charge in [-0.05, 0) is 6.26 Å². The standard InChI is InChI=1S/C6H10N2OS.CHF3O3S/c1-8-4-3-5(9)7-6(8)10-2;2-1(3,4)8(5,6)7/h3-4H2,1-2H3;(H,5,6,7). The van der Waals surface area contributed by atoms with Crippen molar-refractivity contribution in [2.45, 2.75) is 11.9 Å². The van der Waals surface area contributed by atoms with Crippen LogP contribution in [0, 0.1) is 0 Å². The van der Waals surface area contributed by atoms with E-state index < -0.39 is 15.6 Å². The molecule has 0 radical (unpaired) electrons. The Hall–Kier alpha value is -0.810. The van der Waals surface area contributed by atoms with E-state index in [9.17, 15) is 18.0 Å². The van der Waals surface area contributed by atoms with E-state index in [2.05, 4.69) is 4.99 Å². The Bertz CT molecular complexity index is 432. The number of hydrogen-bond donors (Lipinski definition) is 1. The molecule has 1 amide bonds. The van der Waals surface area contributed by atoms with Gasteiger partial charge in [-0.3, -0.25) is 9.35 Å². The Kier molecular flexibility index (Phi) is 6.10. The average Bonchev–Trinajstić information content (AvgIpc) is 2.19. The molecule has 0 spiro atoms. The van der Waals surface area contributed by atoms with Gasteiger partial charge >= 0.3 is 15.6 Å². The number of rotatable bonds is 0. The molecule has 106 valence electrons. The van der Waals surface area contributed by atoms with Crippen molar-refractivity contribution in [1.29, 1.82) is 0 Å². The molecule has 6 nitrogen and oxygen atoms in total. The Morgan fingerprint density at radius 3 is 2.17 bits per heavy atom. The minimum Gasteiger partial charge on any atom is -0.354 e. The van der Waals surface area contributed by atoms with Crippen LogP contribution in [-0.4, -0.2) is 54.3 Å². The summed E-state index contributed by atoms with van der Waals surface area (Å²) in [7, 11) is -3.89. The van der Waals surface area contributed by atoms with Crippen molar-refractivity contribution >= 4 is 33.0 Å². The first-order chi connectivity index (χ1) is 7.99. The molecule has 0 aliphatic carbocycles. The van der Waals surface area contributed by atoms with E-state index in [0.29, 0.717) is 6.42 Å². The zero-order chi connectivity index (χ0) is 14.6. The molecule has 1 aliphatic heterocycles. The maximum atomic E-state index is 10.8. The predicted molar refractivity (Wildman–Crippen MR) is 60.8 cm³/mol. The number of thioether (sulfide) groups is 1. The van der Waals surface area contributed by atoms with Crippen LogP contribution in [-0.2, 0) is 14.9 Å². The van der Waals surface area contributed by atoms with Gasteiger partial charge < -0.3 is 4.90 Å². The normalized spacial score (nSPS) is 16.9. The van der Waals surface area contributed by atoms with Crippen molar-refractivity contribution < 1.29 is 30.9 Å². The summed E-state index contributed by atoms with van der Waals surface area (Å²) in [4.78, 5) is 16.6. The number of carbonyl (C=O) groups is 1. The smallest absolute Gasteiger partial charge is 0.354 e. The largest absolute Gasteiger partial charge is 0.522 e. The van der Waals surface area contributed by atoms with Gasteiger partial charge in [0.05, 0.1) is 0 Å². The van der Waals surface area contributed by atoms with Crippen molar-refractivity contribution in [1.82, 2.24) is 4.90 Å². The van der Waals surface area contributed by atoms with Crippen molar-refractivity contribution in [3.05, 3.63) is 0 Å². The van der Waals surface area contributed by atoms with Gasteiger partial charge in [-0.2, -0.15) is 26.6 Å². The first-order valence-electron chi connectivity index (χ1n) is 4.39. The van der Waals surface area contributed by atoms with Crippen LogP contribution in [0.25, 0.3) is 0 Å². The van der Waals surface area contributed by atoms with Crippen LogP contribution >= 0.6 is 11.8 Å². The summed E-state index contributed by atoms with van der Waals surface area (Å²) in [5, 5.41) is 0.830. The molecule has 0 fully saturated rings. The highest BCUT2D eigenvalue weighted by molar-refractivity contribution is 8.13. The summed E-state index contributed by atoms with van der Waals surface area (Å²) >= 11 is 1.51. The second-order valence-corrected chi connectivity index (χ2v) is 5.27. The van der Waals surface area contributed by atoms with Crippen molar-refractivity contribution in [3.8, 4) is 0 Å². The minimum absolute atomic E-state index is 0.00227. The number of hydrogen-bond acceptors (Lipinski definition) is 5. The van der Waals surface area contributed by atoms with Crippen LogP contribution in [0.3, 0.4) is 0 Å². The van der Waals surface area contributed by atoms with Crippen LogP contribution < -0.4 is 0 Å². The summed E-state index contributed by atoms with van der Waals surface area (Å²) < 4.78 is 57.5.